The van der Waals surface area contributed by atoms with E-state index in [0.29, 0.717) is 15.7 Å². The lowest BCUT2D eigenvalue weighted by Crippen LogP contribution is -1.89. The highest BCUT2D eigenvalue weighted by Crippen LogP contribution is 2.34. The first-order chi connectivity index (χ1) is 8.16. The van der Waals surface area contributed by atoms with E-state index in [-0.39, 0.29) is 0 Å². The molecule has 17 heavy (non-hydrogen) atoms. The van der Waals surface area contributed by atoms with Crippen molar-refractivity contribution in [3.8, 4) is 0 Å². The summed E-state index contributed by atoms with van der Waals surface area (Å²) in [6.07, 6.45) is 1.77. The lowest BCUT2D eigenvalue weighted by atomic mass is 10.3. The lowest BCUT2D eigenvalue weighted by molar-refractivity contribution is 1.17. The molecule has 1 aromatic heterocycles. The molecule has 0 bridgehead atoms. The van der Waals surface area contributed by atoms with E-state index in [0.717, 1.165) is 16.3 Å². The van der Waals surface area contributed by atoms with Gasteiger partial charge in [0.2, 0.25) is 0 Å². The molecule has 5 heteroatoms. The van der Waals surface area contributed by atoms with Gasteiger partial charge in [0.05, 0.1) is 21.4 Å². The van der Waals surface area contributed by atoms with E-state index in [2.05, 4.69) is 4.98 Å². The SMILES string of the molecule is Nc1cc(Cl)c(SCc2ccccn2)cc1Cl. The summed E-state index contributed by atoms with van der Waals surface area (Å²) >= 11 is 13.6. The van der Waals surface area contributed by atoms with E-state index in [9.17, 15) is 0 Å². The molecule has 0 unspecified atom stereocenters. The van der Waals surface area contributed by atoms with E-state index in [1.54, 1.807) is 30.1 Å². The number of hydrogen-bond donors (Lipinski definition) is 1. The monoisotopic (exact) mass is 284 g/mol. The third-order valence-electron chi connectivity index (χ3n) is 2.15. The molecule has 1 aromatic carbocycles. The molecule has 0 aliphatic rings. The molecule has 0 radical (unpaired) electrons. The van der Waals surface area contributed by atoms with Gasteiger partial charge in [0, 0.05) is 16.8 Å². The number of aromatic nitrogens is 1. The van der Waals surface area contributed by atoms with Crippen molar-refractivity contribution >= 4 is 40.7 Å². The number of nitrogens with two attached hydrogens (primary N) is 1. The van der Waals surface area contributed by atoms with Gasteiger partial charge in [-0.05, 0) is 24.3 Å². The van der Waals surface area contributed by atoms with Crippen LogP contribution < -0.4 is 5.73 Å². The number of pyridine rings is 1. The molecular formula is C12H10Cl2N2S. The Hall–Kier alpha value is -0.900. The highest BCUT2D eigenvalue weighted by Gasteiger charge is 2.06. The Kier molecular flexibility index (Phi) is 4.15. The molecule has 0 saturated carbocycles. The van der Waals surface area contributed by atoms with Crippen LogP contribution >= 0.6 is 35.0 Å². The summed E-state index contributed by atoms with van der Waals surface area (Å²) in [5, 5.41) is 1.14. The van der Waals surface area contributed by atoms with Crippen LogP contribution in [0.25, 0.3) is 0 Å². The summed E-state index contributed by atoms with van der Waals surface area (Å²) in [6.45, 7) is 0. The zero-order valence-corrected chi connectivity index (χ0v) is 11.2. The average Bonchev–Trinajstić information content (AvgIpc) is 2.33. The molecule has 0 aliphatic heterocycles. The summed E-state index contributed by atoms with van der Waals surface area (Å²) in [6, 6.07) is 9.28. The molecule has 0 spiro atoms. The smallest absolute Gasteiger partial charge is 0.0647 e. The fourth-order valence-electron chi connectivity index (χ4n) is 1.29. The van der Waals surface area contributed by atoms with Crippen molar-refractivity contribution in [2.45, 2.75) is 10.6 Å². The lowest BCUT2D eigenvalue weighted by Gasteiger charge is -2.06. The molecular weight excluding hydrogens is 275 g/mol. The zero-order valence-electron chi connectivity index (χ0n) is 8.86. The summed E-state index contributed by atoms with van der Waals surface area (Å²) in [5.41, 5.74) is 7.16. The highest BCUT2D eigenvalue weighted by atomic mass is 35.5. The van der Waals surface area contributed by atoms with Crippen LogP contribution in [0.4, 0.5) is 5.69 Å². The number of thioether (sulfide) groups is 1. The Balaban J connectivity index is 2.12. The molecule has 0 aliphatic carbocycles. The first-order valence-electron chi connectivity index (χ1n) is 4.94. The minimum absolute atomic E-state index is 0.499. The fraction of sp³-hybridized carbons (Fsp3) is 0.0833. The molecule has 2 rings (SSSR count). The molecule has 2 aromatic rings. The van der Waals surface area contributed by atoms with Gasteiger partial charge in [0.15, 0.2) is 0 Å². The maximum Gasteiger partial charge on any atom is 0.0647 e. The third kappa shape index (κ3) is 3.28. The molecule has 0 fully saturated rings. The number of nitrogen functional groups attached to an aromatic ring is 1. The van der Waals surface area contributed by atoms with Crippen molar-refractivity contribution in [2.24, 2.45) is 0 Å². The van der Waals surface area contributed by atoms with Crippen molar-refractivity contribution in [1.82, 2.24) is 4.98 Å². The van der Waals surface area contributed by atoms with Crippen LogP contribution in [-0.2, 0) is 5.75 Å². The van der Waals surface area contributed by atoms with E-state index in [1.165, 1.54) is 0 Å². The number of rotatable bonds is 3. The molecule has 0 saturated heterocycles. The highest BCUT2D eigenvalue weighted by molar-refractivity contribution is 7.98. The van der Waals surface area contributed by atoms with Crippen molar-refractivity contribution in [2.75, 3.05) is 5.73 Å². The minimum Gasteiger partial charge on any atom is -0.397 e. The Morgan fingerprint density at radius 2 is 2.00 bits per heavy atom. The topological polar surface area (TPSA) is 38.9 Å². The number of anilines is 1. The molecule has 2 N–H and O–H groups in total. The Morgan fingerprint density at radius 1 is 1.18 bits per heavy atom. The molecule has 0 atom stereocenters. The van der Waals surface area contributed by atoms with Crippen LogP contribution in [0.3, 0.4) is 0 Å². The second-order valence-electron chi connectivity index (χ2n) is 3.41. The van der Waals surface area contributed by atoms with Gasteiger partial charge in [-0.15, -0.1) is 11.8 Å². The van der Waals surface area contributed by atoms with Crippen molar-refractivity contribution in [3.05, 3.63) is 52.3 Å². The standard InChI is InChI=1S/C12H10Cl2N2S/c13-9-6-12(10(14)5-11(9)15)17-7-8-3-1-2-4-16-8/h1-6H,7,15H2. The quantitative estimate of drug-likeness (QED) is 0.676. The first kappa shape index (κ1) is 12.6. The van der Waals surface area contributed by atoms with Crippen molar-refractivity contribution in [3.63, 3.8) is 0 Å². The maximum absolute atomic E-state index is 6.09. The second-order valence-corrected chi connectivity index (χ2v) is 5.25. The number of hydrogen-bond acceptors (Lipinski definition) is 3. The van der Waals surface area contributed by atoms with Gasteiger partial charge in [0.1, 0.15) is 0 Å². The van der Waals surface area contributed by atoms with Gasteiger partial charge < -0.3 is 5.73 Å². The van der Waals surface area contributed by atoms with Gasteiger partial charge >= 0.3 is 0 Å². The van der Waals surface area contributed by atoms with Gasteiger partial charge in [-0.3, -0.25) is 4.98 Å². The first-order valence-corrected chi connectivity index (χ1v) is 6.68. The molecule has 0 amide bonds. The average molecular weight is 285 g/mol. The third-order valence-corrected chi connectivity index (χ3v) is 3.99. The van der Waals surface area contributed by atoms with Crippen LogP contribution in [-0.4, -0.2) is 4.98 Å². The minimum atomic E-state index is 0.499. The summed E-state index contributed by atoms with van der Waals surface area (Å²) in [5.74, 6) is 0.751. The van der Waals surface area contributed by atoms with Crippen molar-refractivity contribution in [1.29, 1.82) is 0 Å². The van der Waals surface area contributed by atoms with Gasteiger partial charge in [-0.25, -0.2) is 0 Å². The number of nitrogens with zero attached hydrogens (tertiary/aromatic N) is 1. The fourth-order valence-corrected chi connectivity index (χ4v) is 2.73. The maximum atomic E-state index is 6.09. The molecule has 2 nitrogen and oxygen atoms in total. The van der Waals surface area contributed by atoms with Crippen molar-refractivity contribution < 1.29 is 0 Å². The Morgan fingerprint density at radius 3 is 2.71 bits per heavy atom. The van der Waals surface area contributed by atoms with E-state index in [1.807, 2.05) is 18.2 Å². The summed E-state index contributed by atoms with van der Waals surface area (Å²) in [7, 11) is 0. The molecule has 1 heterocycles. The van der Waals surface area contributed by atoms with E-state index in [4.69, 9.17) is 28.9 Å². The Labute approximate surface area is 114 Å². The van der Waals surface area contributed by atoms with Gasteiger partial charge in [-0.1, -0.05) is 29.3 Å². The normalized spacial score (nSPS) is 10.5. The summed E-state index contributed by atoms with van der Waals surface area (Å²) in [4.78, 5) is 5.16. The predicted octanol–water partition coefficient (Wildman–Crippen LogP) is 4.26. The Bertz CT molecular complexity index is 517. The molecule has 88 valence electrons. The van der Waals surface area contributed by atoms with Crippen LogP contribution in [0.15, 0.2) is 41.4 Å². The number of benzene rings is 1. The van der Waals surface area contributed by atoms with E-state index >= 15 is 0 Å². The predicted molar refractivity (Wildman–Crippen MR) is 74.7 cm³/mol. The van der Waals surface area contributed by atoms with Crippen LogP contribution in [0, 0.1) is 0 Å². The van der Waals surface area contributed by atoms with Crippen LogP contribution in [0.5, 0.6) is 0 Å². The van der Waals surface area contributed by atoms with E-state index < -0.39 is 0 Å². The van der Waals surface area contributed by atoms with Crippen LogP contribution in [0.2, 0.25) is 10.0 Å². The van der Waals surface area contributed by atoms with Gasteiger partial charge in [0.25, 0.3) is 0 Å². The van der Waals surface area contributed by atoms with Crippen LogP contribution in [0.1, 0.15) is 5.69 Å². The zero-order chi connectivity index (χ0) is 12.3. The largest absolute Gasteiger partial charge is 0.397 e. The van der Waals surface area contributed by atoms with Gasteiger partial charge in [-0.2, -0.15) is 0 Å². The second kappa shape index (κ2) is 5.63. The summed E-state index contributed by atoms with van der Waals surface area (Å²) < 4.78 is 0. The number of halogens is 2.